The topological polar surface area (TPSA) is 120 Å². The van der Waals surface area contributed by atoms with Gasteiger partial charge in [-0.3, -0.25) is 14.3 Å². The highest BCUT2D eigenvalue weighted by molar-refractivity contribution is 6.07. The van der Waals surface area contributed by atoms with Gasteiger partial charge in [0.25, 0.3) is 11.8 Å². The van der Waals surface area contributed by atoms with Crippen molar-refractivity contribution < 1.29 is 9.59 Å². The smallest absolute Gasteiger partial charge is 0.271 e. The number of fused-ring (bicyclic) bond motifs is 1. The Morgan fingerprint density at radius 3 is 2.86 bits per heavy atom. The number of rotatable bonds is 4. The van der Waals surface area contributed by atoms with Crippen molar-refractivity contribution in [3.63, 3.8) is 0 Å². The Morgan fingerprint density at radius 1 is 1.32 bits per heavy atom. The van der Waals surface area contributed by atoms with E-state index in [9.17, 15) is 9.59 Å². The molecule has 0 saturated carbocycles. The van der Waals surface area contributed by atoms with E-state index < -0.39 is 11.8 Å². The van der Waals surface area contributed by atoms with E-state index in [1.165, 1.54) is 15.5 Å². The van der Waals surface area contributed by atoms with E-state index >= 15 is 0 Å². The second-order valence-corrected chi connectivity index (χ2v) is 4.55. The lowest BCUT2D eigenvalue weighted by molar-refractivity contribution is 0.0995. The third-order valence-electron chi connectivity index (χ3n) is 3.10. The average molecular weight is 299 g/mol. The van der Waals surface area contributed by atoms with E-state index in [0.717, 1.165) is 0 Å². The van der Waals surface area contributed by atoms with Gasteiger partial charge in [0, 0.05) is 18.9 Å². The van der Waals surface area contributed by atoms with Crippen molar-refractivity contribution in [1.29, 1.82) is 0 Å². The van der Waals surface area contributed by atoms with Gasteiger partial charge in [0.1, 0.15) is 6.33 Å². The molecule has 3 heterocycles. The van der Waals surface area contributed by atoms with Crippen molar-refractivity contribution in [2.45, 2.75) is 13.5 Å². The molecule has 3 N–H and O–H groups in total. The fourth-order valence-corrected chi connectivity index (χ4v) is 2.00. The molecule has 0 aliphatic heterocycles. The molecule has 0 radical (unpaired) electrons. The maximum absolute atomic E-state index is 12.3. The summed E-state index contributed by atoms with van der Waals surface area (Å²) in [5.74, 6) is -1.09. The highest BCUT2D eigenvalue weighted by Crippen LogP contribution is 2.15. The molecule has 0 aliphatic carbocycles. The van der Waals surface area contributed by atoms with E-state index in [2.05, 4.69) is 20.5 Å². The summed E-state index contributed by atoms with van der Waals surface area (Å²) >= 11 is 0. The van der Waals surface area contributed by atoms with E-state index in [1.807, 2.05) is 6.92 Å². The summed E-state index contributed by atoms with van der Waals surface area (Å²) < 4.78 is 3.01. The van der Waals surface area contributed by atoms with Crippen molar-refractivity contribution >= 4 is 23.1 Å². The van der Waals surface area contributed by atoms with Crippen LogP contribution in [-0.4, -0.2) is 36.2 Å². The van der Waals surface area contributed by atoms with Gasteiger partial charge < -0.3 is 11.1 Å². The number of anilines is 1. The minimum absolute atomic E-state index is 0.0250. The van der Waals surface area contributed by atoms with Gasteiger partial charge in [-0.15, -0.1) is 0 Å². The molecule has 9 nitrogen and oxygen atoms in total. The predicted octanol–water partition coefficient (Wildman–Crippen LogP) is 0.297. The Kier molecular flexibility index (Phi) is 3.30. The average Bonchev–Trinajstić information content (AvgIpc) is 3.12. The zero-order valence-corrected chi connectivity index (χ0v) is 11.7. The van der Waals surface area contributed by atoms with Gasteiger partial charge in [-0.2, -0.15) is 10.2 Å². The fourth-order valence-electron chi connectivity index (χ4n) is 2.00. The summed E-state index contributed by atoms with van der Waals surface area (Å²) in [5.41, 5.74) is 6.58. The highest BCUT2D eigenvalue weighted by atomic mass is 16.2. The van der Waals surface area contributed by atoms with Crippen LogP contribution in [0.5, 0.6) is 0 Å². The number of hydrogen-bond donors (Lipinski definition) is 2. The Labute approximate surface area is 124 Å². The van der Waals surface area contributed by atoms with Crippen molar-refractivity contribution in [1.82, 2.24) is 24.4 Å². The van der Waals surface area contributed by atoms with Gasteiger partial charge in [-0.25, -0.2) is 9.50 Å². The molecule has 0 aromatic carbocycles. The quantitative estimate of drug-likeness (QED) is 0.717. The molecule has 0 unspecified atom stereocenters. The lowest BCUT2D eigenvalue weighted by Crippen LogP contribution is -2.18. The summed E-state index contributed by atoms with van der Waals surface area (Å²) in [6, 6.07) is 3.29. The van der Waals surface area contributed by atoms with Gasteiger partial charge in [0.2, 0.25) is 0 Å². The standard InChI is InChI=1S/C13H13N7O2/c1-2-19-6-9(11(18-19)12(14)21)17-13(22)8-3-4-10-15-7-16-20(10)5-8/h3-7H,2H2,1H3,(H2,14,21)(H,17,22). The number of hydrogen-bond acceptors (Lipinski definition) is 5. The lowest BCUT2D eigenvalue weighted by Gasteiger charge is -2.04. The number of nitrogens with two attached hydrogens (primary N) is 1. The van der Waals surface area contributed by atoms with Crippen LogP contribution in [0.2, 0.25) is 0 Å². The third kappa shape index (κ3) is 2.39. The van der Waals surface area contributed by atoms with Crippen molar-refractivity contribution in [2.75, 3.05) is 5.32 Å². The van der Waals surface area contributed by atoms with Gasteiger partial charge >= 0.3 is 0 Å². The number of aryl methyl sites for hydroxylation is 1. The monoisotopic (exact) mass is 299 g/mol. The molecule has 112 valence electrons. The van der Waals surface area contributed by atoms with Crippen LogP contribution in [0.3, 0.4) is 0 Å². The number of amides is 2. The molecule has 0 fully saturated rings. The minimum Gasteiger partial charge on any atom is -0.364 e. The van der Waals surface area contributed by atoms with Gasteiger partial charge in [-0.05, 0) is 19.1 Å². The molecule has 9 heteroatoms. The number of pyridine rings is 1. The molecule has 0 atom stereocenters. The third-order valence-corrected chi connectivity index (χ3v) is 3.10. The number of carbonyl (C=O) groups excluding carboxylic acids is 2. The fraction of sp³-hybridized carbons (Fsp3) is 0.154. The zero-order valence-electron chi connectivity index (χ0n) is 11.7. The first-order valence-corrected chi connectivity index (χ1v) is 6.56. The molecule has 3 aromatic rings. The maximum atomic E-state index is 12.3. The van der Waals surface area contributed by atoms with Crippen molar-refractivity contribution in [3.8, 4) is 0 Å². The second-order valence-electron chi connectivity index (χ2n) is 4.55. The molecule has 2 amide bonds. The Bertz CT molecular complexity index is 864. The second kappa shape index (κ2) is 5.28. The predicted molar refractivity (Wildman–Crippen MR) is 77.4 cm³/mol. The summed E-state index contributed by atoms with van der Waals surface area (Å²) in [5, 5.41) is 10.6. The largest absolute Gasteiger partial charge is 0.364 e. The molecule has 0 aliphatic rings. The Morgan fingerprint density at radius 2 is 2.14 bits per heavy atom. The van der Waals surface area contributed by atoms with E-state index in [1.54, 1.807) is 24.5 Å². The van der Waals surface area contributed by atoms with Crippen LogP contribution in [0.25, 0.3) is 5.65 Å². The molecular formula is C13H13N7O2. The number of aromatic nitrogens is 5. The van der Waals surface area contributed by atoms with Gasteiger partial charge in [0.15, 0.2) is 11.3 Å². The van der Waals surface area contributed by atoms with Crippen LogP contribution in [0.1, 0.15) is 27.8 Å². The van der Waals surface area contributed by atoms with Crippen LogP contribution in [0.15, 0.2) is 30.9 Å². The molecule has 0 saturated heterocycles. The van der Waals surface area contributed by atoms with Crippen molar-refractivity contribution in [3.05, 3.63) is 42.1 Å². The number of carbonyl (C=O) groups is 2. The number of nitrogens with zero attached hydrogens (tertiary/aromatic N) is 5. The molecular weight excluding hydrogens is 286 g/mol. The molecule has 0 bridgehead atoms. The van der Waals surface area contributed by atoms with Crippen LogP contribution >= 0.6 is 0 Å². The summed E-state index contributed by atoms with van der Waals surface area (Å²) in [6.07, 6.45) is 4.51. The van der Waals surface area contributed by atoms with Crippen LogP contribution in [-0.2, 0) is 6.54 Å². The first-order chi connectivity index (χ1) is 10.6. The molecule has 22 heavy (non-hydrogen) atoms. The highest BCUT2D eigenvalue weighted by Gasteiger charge is 2.17. The Balaban J connectivity index is 1.90. The molecule has 0 spiro atoms. The Hall–Kier alpha value is -3.23. The minimum atomic E-state index is -0.700. The summed E-state index contributed by atoms with van der Waals surface area (Å²) in [7, 11) is 0. The number of primary amides is 1. The van der Waals surface area contributed by atoms with E-state index in [0.29, 0.717) is 17.8 Å². The normalized spacial score (nSPS) is 10.8. The lowest BCUT2D eigenvalue weighted by atomic mass is 10.2. The van der Waals surface area contributed by atoms with Crippen LogP contribution in [0, 0.1) is 0 Å². The van der Waals surface area contributed by atoms with Crippen LogP contribution in [0.4, 0.5) is 5.69 Å². The number of nitrogens with one attached hydrogen (secondary N) is 1. The van der Waals surface area contributed by atoms with Gasteiger partial charge in [-0.1, -0.05) is 0 Å². The van der Waals surface area contributed by atoms with E-state index in [-0.39, 0.29) is 11.4 Å². The maximum Gasteiger partial charge on any atom is 0.271 e. The first-order valence-electron chi connectivity index (χ1n) is 6.56. The SMILES string of the molecule is CCn1cc(NC(=O)c2ccc3ncnn3c2)c(C(N)=O)n1. The van der Waals surface area contributed by atoms with E-state index in [4.69, 9.17) is 5.73 Å². The summed E-state index contributed by atoms with van der Waals surface area (Å²) in [6.45, 7) is 2.42. The van der Waals surface area contributed by atoms with Crippen LogP contribution < -0.4 is 11.1 Å². The first kappa shape index (κ1) is 13.7. The molecule has 3 aromatic heterocycles. The van der Waals surface area contributed by atoms with Crippen molar-refractivity contribution in [2.24, 2.45) is 5.73 Å². The van der Waals surface area contributed by atoms with Gasteiger partial charge in [0.05, 0.1) is 11.3 Å². The molecule has 3 rings (SSSR count). The zero-order chi connectivity index (χ0) is 15.7. The summed E-state index contributed by atoms with van der Waals surface area (Å²) in [4.78, 5) is 27.7.